The Morgan fingerprint density at radius 2 is 1.21 bits per heavy atom. The van der Waals surface area contributed by atoms with Gasteiger partial charge in [0, 0.05) is 18.7 Å². The zero-order valence-corrected chi connectivity index (χ0v) is 46.7. The fourth-order valence-electron chi connectivity index (χ4n) is 8.01. The van der Waals surface area contributed by atoms with Gasteiger partial charge in [-0.2, -0.15) is 0 Å². The summed E-state index contributed by atoms with van der Waals surface area (Å²) >= 11 is 0. The van der Waals surface area contributed by atoms with Crippen molar-refractivity contribution in [2.45, 2.75) is 161 Å². The number of ketones is 1. The summed E-state index contributed by atoms with van der Waals surface area (Å²) in [6, 6.07) is 14.3. The number of aliphatic hydroxyl groups is 1. The van der Waals surface area contributed by atoms with E-state index in [1.165, 1.54) is 37.9 Å². The van der Waals surface area contributed by atoms with Crippen LogP contribution in [0, 0.1) is 11.8 Å². The number of benzene rings is 2. The quantitative estimate of drug-likeness (QED) is 0.0615. The number of nitrogens with zero attached hydrogens (tertiary/aromatic N) is 2. The SMILES string of the molecule is C=C1C(=O)N(Cc2ccc(OC)cc2)[C@](C(=O)OC)([C@@H](O[Si](C)(C)C(C)(C)C)C(C)C)[C@@]1(C)O.C=CC(=O)N(Cc1ccc(OC)cc1)[C@](C(C)=O)(C(=O)OC)[C@@H](O[Si](C)(C)C(C)(C)C)C(C)C. The summed E-state index contributed by atoms with van der Waals surface area (Å²) in [4.78, 5) is 70.2. The van der Waals surface area contributed by atoms with Crippen molar-refractivity contribution < 1.29 is 56.9 Å². The van der Waals surface area contributed by atoms with Crippen molar-refractivity contribution >= 4 is 46.2 Å². The lowest BCUT2D eigenvalue weighted by atomic mass is 9.72. The lowest BCUT2D eigenvalue weighted by Crippen LogP contribution is -2.72. The van der Waals surface area contributed by atoms with E-state index in [-0.39, 0.29) is 40.6 Å². The number of carbonyl (C=O) groups excluding carboxylic acids is 5. The van der Waals surface area contributed by atoms with Gasteiger partial charge < -0.3 is 42.7 Å². The number of esters is 2. The topological polar surface area (TPSA) is 167 Å². The summed E-state index contributed by atoms with van der Waals surface area (Å²) in [5.41, 5.74) is -4.32. The van der Waals surface area contributed by atoms with Crippen molar-refractivity contribution in [2.24, 2.45) is 11.8 Å². The van der Waals surface area contributed by atoms with E-state index >= 15 is 0 Å². The molecule has 2 amide bonds. The maximum Gasteiger partial charge on any atom is 0.342 e. The second kappa shape index (κ2) is 22.4. The van der Waals surface area contributed by atoms with Crippen LogP contribution in [0.15, 0.2) is 73.3 Å². The molecule has 0 spiro atoms. The highest BCUT2D eigenvalue weighted by Crippen LogP contribution is 2.51. The van der Waals surface area contributed by atoms with Crippen LogP contribution < -0.4 is 9.47 Å². The van der Waals surface area contributed by atoms with Crippen LogP contribution in [0.1, 0.15) is 94.2 Å². The Bertz CT molecular complexity index is 2120. The molecular weight excluding hydrogens is 901 g/mol. The fourth-order valence-corrected chi connectivity index (χ4v) is 10.9. The lowest BCUT2D eigenvalue weighted by molar-refractivity contribution is -0.185. The molecule has 0 bridgehead atoms. The Labute approximate surface area is 409 Å². The Balaban J connectivity index is 0.000000467. The molecule has 1 aliphatic rings. The first-order chi connectivity index (χ1) is 31.1. The summed E-state index contributed by atoms with van der Waals surface area (Å²) < 4.78 is 34.5. The Kier molecular flexibility index (Phi) is 19.6. The van der Waals surface area contributed by atoms with Gasteiger partial charge in [0.2, 0.25) is 11.4 Å². The average molecular weight is 983 g/mol. The molecule has 68 heavy (non-hydrogen) atoms. The number of hydrogen-bond donors (Lipinski definition) is 1. The lowest BCUT2D eigenvalue weighted by Gasteiger charge is -2.52. The summed E-state index contributed by atoms with van der Waals surface area (Å²) in [6.45, 7) is 38.7. The van der Waals surface area contributed by atoms with Gasteiger partial charge in [-0.05, 0) is 103 Å². The summed E-state index contributed by atoms with van der Waals surface area (Å²) in [5.74, 6) is -2.34. The highest BCUT2D eigenvalue weighted by atomic mass is 28.4. The highest BCUT2D eigenvalue weighted by molar-refractivity contribution is 6.74. The second-order valence-corrected chi connectivity index (χ2v) is 30.9. The predicted molar refractivity (Wildman–Crippen MR) is 271 cm³/mol. The molecule has 1 fully saturated rings. The van der Waals surface area contributed by atoms with Gasteiger partial charge in [0.25, 0.3) is 5.91 Å². The Hall–Kier alpha value is -4.62. The molecule has 0 unspecified atom stereocenters. The minimum absolute atomic E-state index is 0.0202. The molecule has 2 aromatic carbocycles. The van der Waals surface area contributed by atoms with Crippen LogP contribution in [-0.2, 0) is 55.4 Å². The standard InChI is InChI=1S/2C26H41NO6Si/c1-17(2)21(33-34(10,11)24(4,5)6)26(23(29)32-9)25(7,30)18(3)22(28)27(26)16-19-12-14-20(31-8)15-13-19;1-12-22(29)27(17-20-13-15-21(31-8)16-14-20)26(19(4)28,24(30)32-9)23(18(2)3)33-34(10,11)25(5,6)7/h12-15,17,21,30H,3,16H2,1-2,4-11H3;12-16,18,23H,1,17H2,2-11H3/t21-,25-,26-;23-,26-/m00/s1. The number of methoxy groups -OCH3 is 4. The van der Waals surface area contributed by atoms with Gasteiger partial charge in [-0.25, -0.2) is 9.59 Å². The highest BCUT2D eigenvalue weighted by Gasteiger charge is 2.72. The zero-order valence-electron chi connectivity index (χ0n) is 44.7. The normalized spacial score (nSPS) is 19.6. The van der Waals surface area contributed by atoms with Crippen molar-refractivity contribution in [3.05, 3.63) is 84.5 Å². The van der Waals surface area contributed by atoms with Gasteiger partial charge in [-0.1, -0.05) is 107 Å². The molecular formula is C52H82N2O12Si2. The molecule has 1 saturated heterocycles. The number of ether oxygens (including phenoxy) is 4. The van der Waals surface area contributed by atoms with Crippen LogP contribution >= 0.6 is 0 Å². The van der Waals surface area contributed by atoms with E-state index in [2.05, 4.69) is 67.8 Å². The summed E-state index contributed by atoms with van der Waals surface area (Å²) in [5, 5.41) is 11.5. The summed E-state index contributed by atoms with van der Waals surface area (Å²) in [7, 11) is 0.691. The van der Waals surface area contributed by atoms with Crippen LogP contribution in [0.4, 0.5) is 0 Å². The Morgan fingerprint density at radius 1 is 0.765 bits per heavy atom. The van der Waals surface area contributed by atoms with Gasteiger partial charge in [-0.3, -0.25) is 14.4 Å². The van der Waals surface area contributed by atoms with E-state index in [1.807, 2.05) is 52.9 Å². The van der Waals surface area contributed by atoms with Crippen LogP contribution in [-0.4, -0.2) is 118 Å². The van der Waals surface area contributed by atoms with Crippen LogP contribution in [0.3, 0.4) is 0 Å². The van der Waals surface area contributed by atoms with Gasteiger partial charge in [0.1, 0.15) is 17.1 Å². The molecule has 1 N–H and O–H groups in total. The van der Waals surface area contributed by atoms with E-state index in [0.29, 0.717) is 17.1 Å². The molecule has 0 aliphatic carbocycles. The monoisotopic (exact) mass is 983 g/mol. The van der Waals surface area contributed by atoms with E-state index in [0.717, 1.165) is 11.6 Å². The summed E-state index contributed by atoms with van der Waals surface area (Å²) in [6.07, 6.45) is -0.661. The zero-order chi connectivity index (χ0) is 52.8. The first kappa shape index (κ1) is 59.5. The van der Waals surface area contributed by atoms with Crippen molar-refractivity contribution in [3.8, 4) is 11.5 Å². The van der Waals surface area contributed by atoms with Gasteiger partial charge >= 0.3 is 11.9 Å². The molecule has 1 aliphatic heterocycles. The van der Waals surface area contributed by atoms with E-state index < -0.39 is 75.1 Å². The molecule has 14 nitrogen and oxygen atoms in total. The predicted octanol–water partition coefficient (Wildman–Crippen LogP) is 9.06. The van der Waals surface area contributed by atoms with E-state index in [4.69, 9.17) is 27.8 Å². The first-order valence-electron chi connectivity index (χ1n) is 23.1. The molecule has 0 radical (unpaired) electrons. The van der Waals surface area contributed by atoms with Gasteiger partial charge in [0.15, 0.2) is 28.0 Å². The molecule has 5 atom stereocenters. The molecule has 1 heterocycles. The van der Waals surface area contributed by atoms with Gasteiger partial charge in [0.05, 0.1) is 40.6 Å². The third-order valence-electron chi connectivity index (χ3n) is 14.1. The molecule has 2 aromatic rings. The minimum Gasteiger partial charge on any atom is -0.497 e. The number of likely N-dealkylation sites (tertiary alicyclic amines) is 1. The second-order valence-electron chi connectivity index (χ2n) is 21.4. The van der Waals surface area contributed by atoms with Crippen molar-refractivity contribution in [2.75, 3.05) is 28.4 Å². The number of hydrogen-bond acceptors (Lipinski definition) is 12. The smallest absolute Gasteiger partial charge is 0.342 e. The number of rotatable bonds is 19. The third kappa shape index (κ3) is 11.7. The van der Waals surface area contributed by atoms with Crippen molar-refractivity contribution in [1.82, 2.24) is 9.80 Å². The van der Waals surface area contributed by atoms with Crippen LogP contribution in [0.25, 0.3) is 0 Å². The minimum atomic E-state index is -2.48. The number of carbonyl (C=O) groups is 5. The first-order valence-corrected chi connectivity index (χ1v) is 28.9. The maximum absolute atomic E-state index is 13.7. The van der Waals surface area contributed by atoms with E-state index in [1.54, 1.807) is 50.6 Å². The van der Waals surface area contributed by atoms with Crippen LogP contribution in [0.5, 0.6) is 11.5 Å². The van der Waals surface area contributed by atoms with Gasteiger partial charge in [-0.15, -0.1) is 0 Å². The molecule has 16 heteroatoms. The largest absolute Gasteiger partial charge is 0.497 e. The Morgan fingerprint density at radius 3 is 1.56 bits per heavy atom. The van der Waals surface area contributed by atoms with E-state index in [9.17, 15) is 29.1 Å². The molecule has 3 rings (SSSR count). The van der Waals surface area contributed by atoms with Crippen molar-refractivity contribution in [1.29, 1.82) is 0 Å². The number of amides is 2. The third-order valence-corrected chi connectivity index (χ3v) is 23.1. The maximum atomic E-state index is 13.7. The molecule has 380 valence electrons. The average Bonchev–Trinajstić information content (AvgIpc) is 3.40. The fraction of sp³-hybridized carbons (Fsp3) is 0.596. The van der Waals surface area contributed by atoms with Crippen molar-refractivity contribution in [3.63, 3.8) is 0 Å². The number of Topliss-reactive ketones (excluding diaryl/α,β-unsaturated/α-hetero) is 1. The molecule has 0 saturated carbocycles. The van der Waals surface area contributed by atoms with Crippen LogP contribution in [0.2, 0.25) is 36.3 Å². The molecule has 0 aromatic heterocycles.